The molecular weight excluding hydrogens is 266 g/mol. The Labute approximate surface area is 127 Å². The second-order valence-electron chi connectivity index (χ2n) is 6.03. The van der Waals surface area contributed by atoms with Gasteiger partial charge in [-0.1, -0.05) is 0 Å². The van der Waals surface area contributed by atoms with E-state index < -0.39 is 0 Å². The van der Waals surface area contributed by atoms with E-state index in [1.54, 1.807) is 0 Å². The van der Waals surface area contributed by atoms with Crippen LogP contribution in [0.1, 0.15) is 33.3 Å². The average Bonchev–Trinajstić information content (AvgIpc) is 2.76. The van der Waals surface area contributed by atoms with Crippen molar-refractivity contribution in [3.05, 3.63) is 24.0 Å². The Morgan fingerprint density at radius 2 is 2.05 bits per heavy atom. The van der Waals surface area contributed by atoms with Crippen LogP contribution in [0.15, 0.2) is 23.5 Å². The molecule has 0 aliphatic carbocycles. The molecule has 118 valence electrons. The molecule has 0 saturated heterocycles. The molecule has 0 radical (unpaired) electrons. The van der Waals surface area contributed by atoms with Crippen molar-refractivity contribution in [2.24, 2.45) is 12.0 Å². The Morgan fingerprint density at radius 3 is 2.57 bits per heavy atom. The van der Waals surface area contributed by atoms with Gasteiger partial charge < -0.3 is 20.5 Å². The molecule has 0 saturated carbocycles. The van der Waals surface area contributed by atoms with E-state index in [1.807, 2.05) is 57.8 Å². The number of amides is 1. The van der Waals surface area contributed by atoms with Crippen molar-refractivity contribution in [2.45, 2.75) is 39.8 Å². The van der Waals surface area contributed by atoms with E-state index in [1.165, 1.54) is 0 Å². The number of guanidine groups is 1. The second kappa shape index (κ2) is 7.71. The van der Waals surface area contributed by atoms with E-state index in [0.29, 0.717) is 12.5 Å². The third kappa shape index (κ3) is 7.39. The standard InChI is InChI=1S/C15H27N5O/c1-6-16-14(17-9-12-7-8-20(5)11-12)18-10-13(21)19-15(2,3)4/h7-8,11H,6,9-10H2,1-5H3,(H,19,21)(H2,16,17,18). The number of aryl methyl sites for hydroxylation is 1. The van der Waals surface area contributed by atoms with Crippen LogP contribution in [0.3, 0.4) is 0 Å². The number of carbonyl (C=O) groups excluding carboxylic acids is 1. The molecule has 0 aliphatic heterocycles. The molecule has 0 unspecified atom stereocenters. The van der Waals surface area contributed by atoms with Gasteiger partial charge in [-0.3, -0.25) is 4.79 Å². The lowest BCUT2D eigenvalue weighted by atomic mass is 10.1. The third-order valence-corrected chi connectivity index (χ3v) is 2.59. The minimum Gasteiger partial charge on any atom is -0.357 e. The maximum atomic E-state index is 11.8. The van der Waals surface area contributed by atoms with Gasteiger partial charge in [-0.2, -0.15) is 0 Å². The van der Waals surface area contributed by atoms with Crippen molar-refractivity contribution in [3.8, 4) is 0 Å². The van der Waals surface area contributed by atoms with E-state index in [0.717, 1.165) is 12.1 Å². The molecule has 3 N–H and O–H groups in total. The van der Waals surface area contributed by atoms with Gasteiger partial charge in [0.2, 0.25) is 5.91 Å². The zero-order valence-corrected chi connectivity index (χ0v) is 13.7. The average molecular weight is 293 g/mol. The number of aliphatic imine (C=N–C) groups is 1. The van der Waals surface area contributed by atoms with Gasteiger partial charge in [0.05, 0.1) is 13.1 Å². The summed E-state index contributed by atoms with van der Waals surface area (Å²) >= 11 is 0. The Hall–Kier alpha value is -1.98. The lowest BCUT2D eigenvalue weighted by Gasteiger charge is -2.21. The molecule has 6 heteroatoms. The molecule has 0 aromatic carbocycles. The number of rotatable bonds is 5. The van der Waals surface area contributed by atoms with Crippen LogP contribution in [0.5, 0.6) is 0 Å². The minimum absolute atomic E-state index is 0.0483. The number of nitrogens with zero attached hydrogens (tertiary/aromatic N) is 2. The highest BCUT2D eigenvalue weighted by Gasteiger charge is 2.13. The fourth-order valence-corrected chi connectivity index (χ4v) is 1.79. The van der Waals surface area contributed by atoms with Crippen molar-refractivity contribution < 1.29 is 4.79 Å². The quantitative estimate of drug-likeness (QED) is 0.560. The summed E-state index contributed by atoms with van der Waals surface area (Å²) in [5.41, 5.74) is 0.909. The maximum Gasteiger partial charge on any atom is 0.239 e. The van der Waals surface area contributed by atoms with Crippen LogP contribution in [-0.2, 0) is 18.4 Å². The van der Waals surface area contributed by atoms with Gasteiger partial charge in [0.15, 0.2) is 5.96 Å². The molecule has 1 aromatic heterocycles. The lowest BCUT2D eigenvalue weighted by Crippen LogP contribution is -2.48. The number of hydrogen-bond acceptors (Lipinski definition) is 2. The molecule has 1 rings (SSSR count). The molecule has 1 amide bonds. The molecule has 1 aromatic rings. The molecule has 0 fully saturated rings. The minimum atomic E-state index is -0.224. The van der Waals surface area contributed by atoms with Gasteiger partial charge in [0.1, 0.15) is 0 Å². The van der Waals surface area contributed by atoms with Crippen molar-refractivity contribution in [3.63, 3.8) is 0 Å². The summed E-state index contributed by atoms with van der Waals surface area (Å²) in [5, 5.41) is 9.08. The van der Waals surface area contributed by atoms with Crippen LogP contribution in [0.25, 0.3) is 0 Å². The van der Waals surface area contributed by atoms with E-state index in [-0.39, 0.29) is 18.0 Å². The largest absolute Gasteiger partial charge is 0.357 e. The van der Waals surface area contributed by atoms with Crippen LogP contribution >= 0.6 is 0 Å². The van der Waals surface area contributed by atoms with Crippen LogP contribution in [0.2, 0.25) is 0 Å². The fraction of sp³-hybridized carbons (Fsp3) is 0.600. The first kappa shape index (κ1) is 17.1. The van der Waals surface area contributed by atoms with Gasteiger partial charge in [-0.25, -0.2) is 4.99 Å². The smallest absolute Gasteiger partial charge is 0.239 e. The number of aromatic nitrogens is 1. The zero-order valence-electron chi connectivity index (χ0n) is 13.7. The monoisotopic (exact) mass is 293 g/mol. The van der Waals surface area contributed by atoms with E-state index in [4.69, 9.17) is 0 Å². The van der Waals surface area contributed by atoms with E-state index >= 15 is 0 Å². The lowest BCUT2D eigenvalue weighted by molar-refractivity contribution is -0.121. The molecule has 1 heterocycles. The topological polar surface area (TPSA) is 70.5 Å². The SMILES string of the molecule is CCNC(=NCc1ccn(C)c1)NCC(=O)NC(C)(C)C. The van der Waals surface area contributed by atoms with Gasteiger partial charge in [-0.05, 0) is 39.3 Å². The third-order valence-electron chi connectivity index (χ3n) is 2.59. The summed E-state index contributed by atoms with van der Waals surface area (Å²) in [6.45, 7) is 9.41. The molecular formula is C15H27N5O. The van der Waals surface area contributed by atoms with E-state index in [9.17, 15) is 4.79 Å². The molecule has 21 heavy (non-hydrogen) atoms. The van der Waals surface area contributed by atoms with Gasteiger partial charge >= 0.3 is 0 Å². The summed E-state index contributed by atoms with van der Waals surface area (Å²) in [5.74, 6) is 0.596. The maximum absolute atomic E-state index is 11.8. The highest BCUT2D eigenvalue weighted by atomic mass is 16.2. The van der Waals surface area contributed by atoms with Crippen molar-refractivity contribution >= 4 is 11.9 Å². The first-order valence-electron chi connectivity index (χ1n) is 7.24. The van der Waals surface area contributed by atoms with Crippen LogP contribution in [0.4, 0.5) is 0 Å². The van der Waals surface area contributed by atoms with Crippen LogP contribution in [0, 0.1) is 0 Å². The van der Waals surface area contributed by atoms with Gasteiger partial charge in [-0.15, -0.1) is 0 Å². The summed E-state index contributed by atoms with van der Waals surface area (Å²) < 4.78 is 1.99. The zero-order chi connectivity index (χ0) is 15.9. The predicted octanol–water partition coefficient (Wildman–Crippen LogP) is 0.995. The van der Waals surface area contributed by atoms with Crippen molar-refractivity contribution in [1.29, 1.82) is 0 Å². The summed E-state index contributed by atoms with van der Waals surface area (Å²) in [7, 11) is 1.98. The molecule has 6 nitrogen and oxygen atoms in total. The Bertz CT molecular complexity index is 484. The predicted molar refractivity (Wildman–Crippen MR) is 86.1 cm³/mol. The Balaban J connectivity index is 2.51. The first-order valence-corrected chi connectivity index (χ1v) is 7.24. The summed E-state index contributed by atoms with van der Waals surface area (Å²) in [4.78, 5) is 16.3. The second-order valence-corrected chi connectivity index (χ2v) is 6.03. The summed E-state index contributed by atoms with van der Waals surface area (Å²) in [6.07, 6.45) is 4.02. The van der Waals surface area contributed by atoms with Gasteiger partial charge in [0.25, 0.3) is 0 Å². The number of nitrogens with one attached hydrogen (secondary N) is 3. The summed E-state index contributed by atoms with van der Waals surface area (Å²) in [6, 6.07) is 2.03. The molecule has 0 atom stereocenters. The number of carbonyl (C=O) groups is 1. The highest BCUT2D eigenvalue weighted by Crippen LogP contribution is 2.01. The highest BCUT2D eigenvalue weighted by molar-refractivity contribution is 5.86. The Kier molecular flexibility index (Phi) is 6.27. The molecule has 0 aliphatic rings. The van der Waals surface area contributed by atoms with Crippen molar-refractivity contribution in [2.75, 3.05) is 13.1 Å². The van der Waals surface area contributed by atoms with Crippen molar-refractivity contribution in [1.82, 2.24) is 20.5 Å². The Morgan fingerprint density at radius 1 is 1.33 bits per heavy atom. The molecule has 0 spiro atoms. The fourth-order valence-electron chi connectivity index (χ4n) is 1.79. The number of hydrogen-bond donors (Lipinski definition) is 3. The van der Waals surface area contributed by atoms with Gasteiger partial charge in [0, 0.05) is 31.5 Å². The first-order chi connectivity index (χ1) is 9.80. The van der Waals surface area contributed by atoms with E-state index in [2.05, 4.69) is 20.9 Å². The molecule has 0 bridgehead atoms. The van der Waals surface area contributed by atoms with Crippen LogP contribution < -0.4 is 16.0 Å². The van der Waals surface area contributed by atoms with Crippen LogP contribution in [-0.4, -0.2) is 35.1 Å². The normalized spacial score (nSPS) is 12.1.